The first-order valence-corrected chi connectivity index (χ1v) is 27.8. The lowest BCUT2D eigenvalue weighted by Gasteiger charge is -2.23. The number of nitrogens with one attached hydrogen (secondary N) is 6. The molecule has 70 heavy (non-hydrogen) atoms. The minimum absolute atomic E-state index is 0.0742. The highest BCUT2D eigenvalue weighted by molar-refractivity contribution is 5.92. The number of carbonyl (C=O) groups is 7. The Kier molecular flexibility index (Phi) is 44.8. The van der Waals surface area contributed by atoms with Crippen molar-refractivity contribution in [2.24, 2.45) is 28.7 Å². The summed E-state index contributed by atoms with van der Waals surface area (Å²) < 4.78 is 0. The SMILES string of the molecule is CCCCCCCCCCCC(=O)NC(CCCCN)C(=O)NCCCCCCCC(=O)NC(CCCCN)C(=O)NC(CCCCN)C(=O)NCCCCCCCC(=O)NC(CCCCN)C(N)=O. The molecule has 16 N–H and O–H groups in total. The van der Waals surface area contributed by atoms with E-state index < -0.39 is 36.0 Å². The van der Waals surface area contributed by atoms with Crippen LogP contribution in [0, 0.1) is 0 Å². The van der Waals surface area contributed by atoms with Gasteiger partial charge in [0.25, 0.3) is 0 Å². The molecule has 0 aromatic heterocycles. The molecule has 7 amide bonds. The van der Waals surface area contributed by atoms with Crippen LogP contribution in [0.5, 0.6) is 0 Å². The molecule has 18 nitrogen and oxygen atoms in total. The summed E-state index contributed by atoms with van der Waals surface area (Å²) >= 11 is 0. The van der Waals surface area contributed by atoms with Gasteiger partial charge in [-0.15, -0.1) is 0 Å². The van der Waals surface area contributed by atoms with Crippen molar-refractivity contribution in [3.05, 3.63) is 0 Å². The quantitative estimate of drug-likeness (QED) is 0.0369. The first kappa shape index (κ1) is 66.1. The van der Waals surface area contributed by atoms with Crippen LogP contribution >= 0.6 is 0 Å². The molecule has 4 unspecified atom stereocenters. The van der Waals surface area contributed by atoms with Gasteiger partial charge in [0.15, 0.2) is 0 Å². The van der Waals surface area contributed by atoms with Crippen LogP contribution in [-0.4, -0.2) is 105 Å². The third kappa shape index (κ3) is 38.8. The van der Waals surface area contributed by atoms with Crippen molar-refractivity contribution >= 4 is 41.4 Å². The Labute approximate surface area is 422 Å². The lowest BCUT2D eigenvalue weighted by atomic mass is 10.0. The topological polar surface area (TPSA) is 322 Å². The molecule has 408 valence electrons. The van der Waals surface area contributed by atoms with E-state index in [2.05, 4.69) is 38.8 Å². The second-order valence-electron chi connectivity index (χ2n) is 19.2. The lowest BCUT2D eigenvalue weighted by molar-refractivity contribution is -0.132. The number of unbranched alkanes of at least 4 members (excludes halogenated alkanes) is 20. The van der Waals surface area contributed by atoms with Crippen molar-refractivity contribution in [2.45, 2.75) is 249 Å². The van der Waals surface area contributed by atoms with E-state index >= 15 is 0 Å². The molecular formula is C52H103N11O7. The van der Waals surface area contributed by atoms with Crippen LogP contribution in [0.25, 0.3) is 0 Å². The molecular weight excluding hydrogens is 891 g/mol. The molecule has 18 heteroatoms. The van der Waals surface area contributed by atoms with E-state index in [0.717, 1.165) is 89.9 Å². The van der Waals surface area contributed by atoms with Gasteiger partial charge < -0.3 is 60.6 Å². The minimum atomic E-state index is -0.800. The van der Waals surface area contributed by atoms with Gasteiger partial charge >= 0.3 is 0 Å². The summed E-state index contributed by atoms with van der Waals surface area (Å²) in [7, 11) is 0. The molecule has 0 aromatic carbocycles. The van der Waals surface area contributed by atoms with Gasteiger partial charge in [-0.2, -0.15) is 0 Å². The molecule has 0 aromatic rings. The van der Waals surface area contributed by atoms with E-state index in [1.807, 2.05) is 0 Å². The summed E-state index contributed by atoms with van der Waals surface area (Å²) in [5, 5.41) is 17.5. The second kappa shape index (κ2) is 47.5. The standard InChI is InChI=1S/C52H103N11O7/c1-2-3-4-5-6-7-8-11-16-34-47(65)61-43(30-20-24-37-54)50(68)58-40-27-14-10-13-18-35-48(66)62-45(32-22-26-39-56)52(70)63-44(31-21-25-38-55)51(69)59-41-28-15-9-12-17-33-46(64)60-42(49(57)67)29-19-23-36-53/h42-45H,2-41,53-56H2,1H3,(H2,57,67)(H,58,68)(H,59,69)(H,60,64)(H,61,65)(H,62,66)(H,63,70). The summed E-state index contributed by atoms with van der Waals surface area (Å²) in [5.74, 6) is -1.88. The molecule has 0 aliphatic heterocycles. The van der Waals surface area contributed by atoms with Gasteiger partial charge in [-0.05, 0) is 135 Å². The normalized spacial score (nSPS) is 12.9. The Hall–Kier alpha value is -3.87. The van der Waals surface area contributed by atoms with Crippen molar-refractivity contribution in [3.8, 4) is 0 Å². The van der Waals surface area contributed by atoms with E-state index in [9.17, 15) is 33.6 Å². The van der Waals surface area contributed by atoms with Crippen LogP contribution in [0.4, 0.5) is 0 Å². The molecule has 0 saturated heterocycles. The molecule has 0 bridgehead atoms. The van der Waals surface area contributed by atoms with Crippen LogP contribution in [0.3, 0.4) is 0 Å². The van der Waals surface area contributed by atoms with E-state index in [4.69, 9.17) is 28.7 Å². The van der Waals surface area contributed by atoms with Crippen LogP contribution in [0.2, 0.25) is 0 Å². The molecule has 0 aliphatic rings. The van der Waals surface area contributed by atoms with E-state index in [1.54, 1.807) is 0 Å². The highest BCUT2D eigenvalue weighted by Gasteiger charge is 2.27. The third-order valence-corrected chi connectivity index (χ3v) is 12.7. The maximum Gasteiger partial charge on any atom is 0.243 e. The van der Waals surface area contributed by atoms with Crippen molar-refractivity contribution in [1.29, 1.82) is 0 Å². The molecule has 0 radical (unpaired) electrons. The Morgan fingerprint density at radius 1 is 0.329 bits per heavy atom. The summed E-state index contributed by atoms with van der Waals surface area (Å²) in [6, 6.07) is -2.82. The Bertz CT molecular complexity index is 1380. The van der Waals surface area contributed by atoms with Gasteiger partial charge in [0.2, 0.25) is 41.4 Å². The Morgan fingerprint density at radius 2 is 0.614 bits per heavy atom. The van der Waals surface area contributed by atoms with E-state index in [-0.39, 0.29) is 36.0 Å². The average molecular weight is 994 g/mol. The fourth-order valence-corrected chi connectivity index (χ4v) is 8.28. The molecule has 4 atom stereocenters. The summed E-state index contributed by atoms with van der Waals surface area (Å²) in [6.07, 6.45) is 27.2. The fourth-order valence-electron chi connectivity index (χ4n) is 8.28. The Balaban J connectivity index is 4.77. The number of rotatable bonds is 50. The molecule has 0 fully saturated rings. The van der Waals surface area contributed by atoms with Crippen molar-refractivity contribution in [3.63, 3.8) is 0 Å². The lowest BCUT2D eigenvalue weighted by Crippen LogP contribution is -2.53. The average Bonchev–Trinajstić information content (AvgIpc) is 3.33. The van der Waals surface area contributed by atoms with Gasteiger partial charge in [-0.25, -0.2) is 0 Å². The summed E-state index contributed by atoms with van der Waals surface area (Å²) in [4.78, 5) is 89.8. The van der Waals surface area contributed by atoms with Crippen molar-refractivity contribution in [1.82, 2.24) is 31.9 Å². The molecule has 0 spiro atoms. The zero-order valence-corrected chi connectivity index (χ0v) is 43.8. The van der Waals surface area contributed by atoms with Gasteiger partial charge in [-0.1, -0.05) is 96.8 Å². The number of primary amides is 1. The molecule has 0 heterocycles. The smallest absolute Gasteiger partial charge is 0.243 e. The number of nitrogens with two attached hydrogens (primary N) is 5. The first-order chi connectivity index (χ1) is 33.9. The van der Waals surface area contributed by atoms with Gasteiger partial charge in [0.1, 0.15) is 24.2 Å². The summed E-state index contributed by atoms with van der Waals surface area (Å²) in [5.41, 5.74) is 28.1. The maximum absolute atomic E-state index is 13.6. The number of hydrogen-bond acceptors (Lipinski definition) is 11. The largest absolute Gasteiger partial charge is 0.368 e. The second-order valence-corrected chi connectivity index (χ2v) is 19.2. The van der Waals surface area contributed by atoms with Crippen LogP contribution in [0.15, 0.2) is 0 Å². The van der Waals surface area contributed by atoms with Crippen LogP contribution in [0.1, 0.15) is 225 Å². The van der Waals surface area contributed by atoms with Gasteiger partial charge in [-0.3, -0.25) is 33.6 Å². The zero-order chi connectivity index (χ0) is 51.9. The number of amides is 7. The molecule has 0 saturated carbocycles. The predicted molar refractivity (Wildman–Crippen MR) is 282 cm³/mol. The minimum Gasteiger partial charge on any atom is -0.368 e. The molecule has 0 aliphatic carbocycles. The Morgan fingerprint density at radius 3 is 0.957 bits per heavy atom. The maximum atomic E-state index is 13.6. The third-order valence-electron chi connectivity index (χ3n) is 12.7. The van der Waals surface area contributed by atoms with Crippen molar-refractivity contribution < 1.29 is 33.6 Å². The van der Waals surface area contributed by atoms with Gasteiger partial charge in [0, 0.05) is 32.4 Å². The van der Waals surface area contributed by atoms with E-state index in [1.165, 1.54) is 38.5 Å². The summed E-state index contributed by atoms with van der Waals surface area (Å²) in [6.45, 7) is 5.16. The number of carbonyl (C=O) groups excluding carboxylic acids is 7. The highest BCUT2D eigenvalue weighted by atomic mass is 16.2. The fraction of sp³-hybridized carbons (Fsp3) is 0.865. The predicted octanol–water partition coefficient (Wildman–Crippen LogP) is 4.76. The monoisotopic (exact) mass is 994 g/mol. The van der Waals surface area contributed by atoms with Crippen molar-refractivity contribution in [2.75, 3.05) is 39.3 Å². The highest BCUT2D eigenvalue weighted by Crippen LogP contribution is 2.13. The van der Waals surface area contributed by atoms with Gasteiger partial charge in [0.05, 0.1) is 0 Å². The zero-order valence-electron chi connectivity index (χ0n) is 43.8. The van der Waals surface area contributed by atoms with E-state index in [0.29, 0.717) is 123 Å². The van der Waals surface area contributed by atoms with Crippen LogP contribution in [-0.2, 0) is 33.6 Å². The molecule has 0 rings (SSSR count). The van der Waals surface area contributed by atoms with Crippen LogP contribution < -0.4 is 60.6 Å². The first-order valence-electron chi connectivity index (χ1n) is 27.8. The number of hydrogen-bond donors (Lipinski definition) is 11.